The van der Waals surface area contributed by atoms with Gasteiger partial charge in [-0.2, -0.15) is 0 Å². The number of rotatable bonds is 22. The number of hydrogen-bond acceptors (Lipinski definition) is 14. The number of aromatic amines is 1. The van der Waals surface area contributed by atoms with Crippen molar-refractivity contribution in [3.63, 3.8) is 0 Å². The first kappa shape index (κ1) is 41.6. The zero-order valence-corrected chi connectivity index (χ0v) is 32.7. The molecular formula is C39H49N11O8. The van der Waals surface area contributed by atoms with Gasteiger partial charge in [-0.3, -0.25) is 14.4 Å². The lowest BCUT2D eigenvalue weighted by atomic mass is 10.1. The van der Waals surface area contributed by atoms with Crippen LogP contribution < -0.4 is 10.5 Å². The summed E-state index contributed by atoms with van der Waals surface area (Å²) in [6.07, 6.45) is 9.74. The number of amides is 2. The fraction of sp³-hybridized carbons (Fsp3) is 0.436. The number of carbonyl (C=O) groups excluding carboxylic acids is 3. The average Bonchev–Trinajstić information content (AvgIpc) is 4.04. The highest BCUT2D eigenvalue weighted by atomic mass is 16.6. The minimum absolute atomic E-state index is 0.109. The monoisotopic (exact) mass is 799 g/mol. The van der Waals surface area contributed by atoms with Crippen LogP contribution in [0.5, 0.6) is 5.75 Å². The number of hydrogen-bond donors (Lipinski definition) is 2. The number of H-pyrrole nitrogens is 1. The van der Waals surface area contributed by atoms with Crippen molar-refractivity contribution in [2.45, 2.75) is 32.9 Å². The van der Waals surface area contributed by atoms with Crippen molar-refractivity contribution in [1.29, 1.82) is 0 Å². The number of pyridine rings is 1. The van der Waals surface area contributed by atoms with E-state index in [2.05, 4.69) is 30.4 Å². The molecule has 19 heteroatoms. The molecule has 0 saturated carbocycles. The van der Waals surface area contributed by atoms with Crippen LogP contribution in [-0.4, -0.2) is 147 Å². The molecule has 1 aromatic carbocycles. The van der Waals surface area contributed by atoms with Gasteiger partial charge in [0.1, 0.15) is 18.7 Å². The minimum Gasteiger partial charge on any atom is -0.494 e. The molecular weight excluding hydrogens is 750 g/mol. The van der Waals surface area contributed by atoms with E-state index in [0.717, 1.165) is 24.2 Å². The SMILES string of the molecule is C/C=C(\N)CCc1cn(CCOCCOCCOCCOCc2ncn(-c3ncc(OC)c4c(C(=O)C(=O)N5CCN(C(=O)c6ccccc6)CC5)c[nH]c34)n2)nn1. The summed E-state index contributed by atoms with van der Waals surface area (Å²) in [5, 5.41) is 13.2. The van der Waals surface area contributed by atoms with Crippen LogP contribution in [0, 0.1) is 0 Å². The number of ether oxygens (including phenoxy) is 5. The lowest BCUT2D eigenvalue weighted by molar-refractivity contribution is -0.127. The Bertz CT molecular complexity index is 2140. The zero-order valence-electron chi connectivity index (χ0n) is 32.7. The molecule has 308 valence electrons. The number of ketones is 1. The number of nitrogens with one attached hydrogen (secondary N) is 1. The fourth-order valence-electron chi connectivity index (χ4n) is 6.17. The fourth-order valence-corrected chi connectivity index (χ4v) is 6.17. The number of carbonyl (C=O) groups is 3. The number of aryl methyl sites for hydroxylation is 1. The van der Waals surface area contributed by atoms with Gasteiger partial charge in [-0.25, -0.2) is 19.3 Å². The molecule has 2 amide bonds. The smallest absolute Gasteiger partial charge is 0.295 e. The summed E-state index contributed by atoms with van der Waals surface area (Å²) in [7, 11) is 1.46. The third kappa shape index (κ3) is 10.9. The largest absolute Gasteiger partial charge is 0.494 e. The first-order valence-electron chi connectivity index (χ1n) is 19.1. The molecule has 0 spiro atoms. The van der Waals surface area contributed by atoms with Crippen molar-refractivity contribution in [2.24, 2.45) is 5.73 Å². The Morgan fingerprint density at radius 2 is 1.59 bits per heavy atom. The van der Waals surface area contributed by atoms with Gasteiger partial charge in [0.05, 0.1) is 88.3 Å². The standard InChI is InChI=1S/C39H49N11O8/c1-3-29(40)9-10-30-25-49(46-44-30)15-16-55-17-18-56-19-20-57-21-22-58-26-33-43-27-50(45-33)37-35-34(32(54-2)24-42-37)31(23-41-35)36(51)39(53)48-13-11-47(12-14-48)38(52)28-7-5-4-6-8-28/h3-8,23-25,27,41H,9-22,26,40H2,1-2H3/b29-3-. The van der Waals surface area contributed by atoms with Gasteiger partial charge in [0, 0.05) is 49.8 Å². The van der Waals surface area contributed by atoms with Crippen LogP contribution in [0.15, 0.2) is 67.0 Å². The van der Waals surface area contributed by atoms with E-state index in [1.165, 1.54) is 35.4 Å². The summed E-state index contributed by atoms with van der Waals surface area (Å²) >= 11 is 0. The van der Waals surface area contributed by atoms with Gasteiger partial charge in [-0.05, 0) is 31.9 Å². The topological polar surface area (TPSA) is 220 Å². The summed E-state index contributed by atoms with van der Waals surface area (Å²) in [5.74, 6) is -0.393. The lowest BCUT2D eigenvalue weighted by Crippen LogP contribution is -2.52. The van der Waals surface area contributed by atoms with Gasteiger partial charge in [-0.1, -0.05) is 29.5 Å². The summed E-state index contributed by atoms with van der Waals surface area (Å²) in [6, 6.07) is 8.97. The molecule has 0 atom stereocenters. The Morgan fingerprint density at radius 1 is 0.897 bits per heavy atom. The van der Waals surface area contributed by atoms with Crippen molar-refractivity contribution in [3.8, 4) is 11.6 Å². The highest BCUT2D eigenvalue weighted by Gasteiger charge is 2.31. The van der Waals surface area contributed by atoms with E-state index < -0.39 is 11.7 Å². The summed E-state index contributed by atoms with van der Waals surface area (Å²) in [4.78, 5) is 54.9. The highest BCUT2D eigenvalue weighted by molar-refractivity contribution is 6.45. The predicted molar refractivity (Wildman–Crippen MR) is 209 cm³/mol. The van der Waals surface area contributed by atoms with Crippen LogP contribution in [0.3, 0.4) is 0 Å². The van der Waals surface area contributed by atoms with E-state index in [9.17, 15) is 14.4 Å². The van der Waals surface area contributed by atoms with E-state index in [4.69, 9.17) is 29.4 Å². The maximum absolute atomic E-state index is 13.6. The molecule has 4 aromatic heterocycles. The number of Topliss-reactive ketones (excluding diaryl/α,β-unsaturated/α-hetero) is 1. The Kier molecular flexibility index (Phi) is 15.0. The summed E-state index contributed by atoms with van der Waals surface area (Å²) in [5.41, 5.74) is 8.74. The van der Waals surface area contributed by atoms with E-state index in [1.807, 2.05) is 25.3 Å². The van der Waals surface area contributed by atoms with Gasteiger partial charge >= 0.3 is 0 Å². The quantitative estimate of drug-likeness (QED) is 0.0581. The number of aromatic nitrogens is 8. The molecule has 1 saturated heterocycles. The molecule has 6 rings (SSSR count). The van der Waals surface area contributed by atoms with Gasteiger partial charge < -0.3 is 44.2 Å². The van der Waals surface area contributed by atoms with Crippen LogP contribution in [0.1, 0.15) is 45.6 Å². The molecule has 58 heavy (non-hydrogen) atoms. The predicted octanol–water partition coefficient (Wildman–Crippen LogP) is 1.97. The molecule has 1 fully saturated rings. The molecule has 1 aliphatic rings. The number of piperazine rings is 1. The molecule has 1 aliphatic heterocycles. The molecule has 0 radical (unpaired) electrons. The number of fused-ring (bicyclic) bond motifs is 1. The van der Waals surface area contributed by atoms with Crippen LogP contribution in [0.4, 0.5) is 0 Å². The Hall–Kier alpha value is -6.02. The van der Waals surface area contributed by atoms with Crippen LogP contribution in [-0.2, 0) is 43.3 Å². The van der Waals surface area contributed by atoms with E-state index in [0.29, 0.717) is 99.7 Å². The molecule has 3 N–H and O–H groups in total. The van der Waals surface area contributed by atoms with Crippen molar-refractivity contribution >= 4 is 28.5 Å². The molecule has 5 heterocycles. The Balaban J connectivity index is 0.885. The summed E-state index contributed by atoms with van der Waals surface area (Å²) in [6.45, 7) is 6.70. The first-order valence-corrected chi connectivity index (χ1v) is 19.1. The van der Waals surface area contributed by atoms with Crippen molar-refractivity contribution in [1.82, 2.24) is 49.5 Å². The molecule has 0 unspecified atom stereocenters. The highest BCUT2D eigenvalue weighted by Crippen LogP contribution is 2.32. The molecule has 5 aromatic rings. The summed E-state index contributed by atoms with van der Waals surface area (Å²) < 4.78 is 31.2. The first-order chi connectivity index (χ1) is 28.4. The number of nitrogens with two attached hydrogens (primary N) is 1. The zero-order chi connectivity index (χ0) is 40.7. The maximum atomic E-state index is 13.6. The second-order valence-corrected chi connectivity index (χ2v) is 13.2. The average molecular weight is 800 g/mol. The van der Waals surface area contributed by atoms with Crippen LogP contribution >= 0.6 is 0 Å². The van der Waals surface area contributed by atoms with Gasteiger partial charge in [-0.15, -0.1) is 10.2 Å². The van der Waals surface area contributed by atoms with Crippen molar-refractivity contribution in [2.75, 3.05) is 79.5 Å². The molecule has 0 bridgehead atoms. The Morgan fingerprint density at radius 3 is 2.29 bits per heavy atom. The van der Waals surface area contributed by atoms with Crippen molar-refractivity contribution in [3.05, 3.63) is 89.7 Å². The lowest BCUT2D eigenvalue weighted by Gasteiger charge is -2.34. The number of nitrogens with zero attached hydrogens (tertiary/aromatic N) is 9. The van der Waals surface area contributed by atoms with E-state index in [1.54, 1.807) is 33.8 Å². The van der Waals surface area contributed by atoms with Gasteiger partial charge in [0.15, 0.2) is 11.6 Å². The second-order valence-electron chi connectivity index (χ2n) is 13.2. The maximum Gasteiger partial charge on any atom is 0.295 e. The number of allylic oxidation sites excluding steroid dienone is 2. The van der Waals surface area contributed by atoms with Crippen LogP contribution in [0.25, 0.3) is 16.7 Å². The normalized spacial score (nSPS) is 13.4. The second kappa shape index (κ2) is 20.9. The van der Waals surface area contributed by atoms with Crippen LogP contribution in [0.2, 0.25) is 0 Å². The van der Waals surface area contributed by atoms with Gasteiger partial charge in [0.2, 0.25) is 0 Å². The van der Waals surface area contributed by atoms with Crippen molar-refractivity contribution < 1.29 is 38.1 Å². The molecule has 0 aliphatic carbocycles. The van der Waals surface area contributed by atoms with Gasteiger partial charge in [0.25, 0.3) is 17.6 Å². The van der Waals surface area contributed by atoms with E-state index in [-0.39, 0.29) is 31.2 Å². The van der Waals surface area contributed by atoms with E-state index >= 15 is 0 Å². The number of benzene rings is 1. The third-order valence-corrected chi connectivity index (χ3v) is 9.38. The third-order valence-electron chi connectivity index (χ3n) is 9.38. The number of methoxy groups -OCH3 is 1. The molecule has 19 nitrogen and oxygen atoms in total. The Labute approximate surface area is 335 Å². The minimum atomic E-state index is -0.701.